The number of nitrogen functional groups attached to an aromatic ring is 2. The van der Waals surface area contributed by atoms with Crippen LogP contribution in [0.15, 0.2) is 0 Å². The number of halogens is 1. The number of nitrogens with two attached hydrogens (primary N) is 6. The molecular formula is C9H17IN8. The molecule has 8 nitrogen and oxygen atoms in total. The van der Waals surface area contributed by atoms with E-state index >= 15 is 0 Å². The lowest BCUT2D eigenvalue weighted by molar-refractivity contribution is 0.292. The number of rotatable bonds is 0. The lowest BCUT2D eigenvalue weighted by Gasteiger charge is -2.47. The second-order valence-corrected chi connectivity index (χ2v) is 5.58. The van der Waals surface area contributed by atoms with E-state index in [0.717, 1.165) is 9.13 Å². The number of hydrogen-bond donors (Lipinski definition) is 8. The van der Waals surface area contributed by atoms with Crippen molar-refractivity contribution >= 4 is 45.3 Å². The molecule has 9 heteroatoms. The third-order valence-electron chi connectivity index (χ3n) is 3.11. The van der Waals surface area contributed by atoms with Gasteiger partial charge in [-0.2, -0.15) is 0 Å². The average molecular weight is 364 g/mol. The molecule has 0 amide bonds. The second kappa shape index (κ2) is 3.74. The van der Waals surface area contributed by atoms with Gasteiger partial charge in [0.25, 0.3) is 0 Å². The predicted molar refractivity (Wildman–Crippen MR) is 82.2 cm³/mol. The van der Waals surface area contributed by atoms with E-state index in [1.165, 1.54) is 0 Å². The highest BCUT2D eigenvalue weighted by molar-refractivity contribution is 14.1. The third-order valence-corrected chi connectivity index (χ3v) is 4.50. The van der Waals surface area contributed by atoms with Crippen LogP contribution in [0.5, 0.6) is 0 Å². The van der Waals surface area contributed by atoms with Crippen molar-refractivity contribution in [2.24, 2.45) is 22.9 Å². The van der Waals surface area contributed by atoms with E-state index in [2.05, 4.69) is 33.2 Å². The van der Waals surface area contributed by atoms with Crippen molar-refractivity contribution in [3.63, 3.8) is 0 Å². The van der Waals surface area contributed by atoms with Crippen LogP contribution in [0, 0.1) is 10.5 Å². The van der Waals surface area contributed by atoms with E-state index in [-0.39, 0.29) is 0 Å². The van der Waals surface area contributed by atoms with E-state index in [1.807, 2.05) is 6.92 Å². The summed E-state index contributed by atoms with van der Waals surface area (Å²) in [4.78, 5) is 0. The summed E-state index contributed by atoms with van der Waals surface area (Å²) < 4.78 is 0.829. The molecule has 0 unspecified atom stereocenters. The summed E-state index contributed by atoms with van der Waals surface area (Å²) in [5.74, 6) is -3.11. The molecule has 0 radical (unpaired) electrons. The molecule has 0 aromatic heterocycles. The quantitative estimate of drug-likeness (QED) is 0.160. The van der Waals surface area contributed by atoms with E-state index in [1.54, 1.807) is 0 Å². The highest BCUT2D eigenvalue weighted by atomic mass is 127. The molecular weight excluding hydrogens is 347 g/mol. The minimum Gasteiger partial charge on any atom is -0.397 e. The Kier molecular flexibility index (Phi) is 2.79. The maximum Gasteiger partial charge on any atom is 0.191 e. The number of nitrogens with one attached hydrogen (secondary N) is 2. The van der Waals surface area contributed by atoms with Gasteiger partial charge in [0, 0.05) is 3.57 Å². The van der Waals surface area contributed by atoms with E-state index in [4.69, 9.17) is 34.4 Å². The van der Waals surface area contributed by atoms with Gasteiger partial charge in [-0.1, -0.05) is 0 Å². The van der Waals surface area contributed by atoms with Gasteiger partial charge in [0.2, 0.25) is 0 Å². The maximum absolute atomic E-state index is 6.03. The average Bonchev–Trinajstić information content (AvgIpc) is 2.26. The Labute approximate surface area is 118 Å². The molecule has 0 atom stereocenters. The first kappa shape index (κ1) is 13.4. The molecule has 18 heavy (non-hydrogen) atoms. The van der Waals surface area contributed by atoms with Gasteiger partial charge in [-0.25, -0.2) is 0 Å². The fourth-order valence-corrected chi connectivity index (χ4v) is 2.33. The zero-order chi connectivity index (χ0) is 13.9. The summed E-state index contributed by atoms with van der Waals surface area (Å²) in [5.41, 5.74) is 38.3. The van der Waals surface area contributed by atoms with Crippen LogP contribution >= 0.6 is 22.6 Å². The Hall–Kier alpha value is -1.01. The SMILES string of the molecule is Cc1c(N)c2c(c(N)c1I)NC(N)(N)C(N)(N)N2. The van der Waals surface area contributed by atoms with Crippen molar-refractivity contribution in [1.29, 1.82) is 0 Å². The maximum atomic E-state index is 6.03. The smallest absolute Gasteiger partial charge is 0.191 e. The highest BCUT2D eigenvalue weighted by Crippen LogP contribution is 2.44. The van der Waals surface area contributed by atoms with Gasteiger partial charge in [0.15, 0.2) is 11.6 Å². The molecule has 1 aromatic carbocycles. The zero-order valence-corrected chi connectivity index (χ0v) is 12.0. The minimum atomic E-state index is -1.56. The highest BCUT2D eigenvalue weighted by Gasteiger charge is 2.46. The van der Waals surface area contributed by atoms with Crippen molar-refractivity contribution < 1.29 is 0 Å². The van der Waals surface area contributed by atoms with E-state index < -0.39 is 11.6 Å². The van der Waals surface area contributed by atoms with Gasteiger partial charge in [0.1, 0.15) is 0 Å². The van der Waals surface area contributed by atoms with Gasteiger partial charge >= 0.3 is 0 Å². The number of fused-ring (bicyclic) bond motifs is 1. The minimum absolute atomic E-state index is 0.501. The van der Waals surface area contributed by atoms with Crippen LogP contribution in [0.3, 0.4) is 0 Å². The molecule has 1 aliphatic rings. The molecule has 2 rings (SSSR count). The van der Waals surface area contributed by atoms with Gasteiger partial charge < -0.3 is 22.1 Å². The monoisotopic (exact) mass is 364 g/mol. The van der Waals surface area contributed by atoms with Crippen molar-refractivity contribution in [2.45, 2.75) is 18.5 Å². The molecule has 1 aromatic rings. The summed E-state index contributed by atoms with van der Waals surface area (Å²) in [7, 11) is 0. The Morgan fingerprint density at radius 2 is 1.28 bits per heavy atom. The standard InChI is InChI=1S/C9H17IN8/c1-2-3(10)5(12)7-6(4(2)11)17-8(13,14)9(15,16)18-7/h17-18H,11-16H2,1H3. The Bertz CT molecular complexity index is 477. The van der Waals surface area contributed by atoms with Crippen LogP contribution in [0.4, 0.5) is 22.7 Å². The summed E-state index contributed by atoms with van der Waals surface area (Å²) in [6, 6.07) is 0. The van der Waals surface area contributed by atoms with Crippen molar-refractivity contribution in [3.05, 3.63) is 9.13 Å². The van der Waals surface area contributed by atoms with Crippen LogP contribution in [0.25, 0.3) is 0 Å². The van der Waals surface area contributed by atoms with Gasteiger partial charge in [0.05, 0.1) is 22.7 Å². The van der Waals surface area contributed by atoms with Crippen molar-refractivity contribution in [2.75, 3.05) is 22.1 Å². The number of hydrogen-bond acceptors (Lipinski definition) is 8. The van der Waals surface area contributed by atoms with Crippen molar-refractivity contribution in [3.8, 4) is 0 Å². The van der Waals surface area contributed by atoms with E-state index in [0.29, 0.717) is 22.7 Å². The molecule has 0 saturated heterocycles. The van der Waals surface area contributed by atoms with Crippen molar-refractivity contribution in [1.82, 2.24) is 0 Å². The molecule has 14 N–H and O–H groups in total. The second-order valence-electron chi connectivity index (χ2n) is 4.50. The number of benzene rings is 1. The first-order valence-electron chi connectivity index (χ1n) is 5.17. The first-order valence-corrected chi connectivity index (χ1v) is 6.25. The van der Waals surface area contributed by atoms with E-state index in [9.17, 15) is 0 Å². The molecule has 0 saturated carbocycles. The Balaban J connectivity index is 2.71. The molecule has 100 valence electrons. The first-order chi connectivity index (χ1) is 8.08. The predicted octanol–water partition coefficient (Wildman–Crippen LogP) is -1.26. The molecule has 0 bridgehead atoms. The Morgan fingerprint density at radius 1 is 0.889 bits per heavy atom. The molecule has 0 spiro atoms. The van der Waals surface area contributed by atoms with Gasteiger partial charge in [-0.05, 0) is 35.1 Å². The topological polar surface area (TPSA) is 180 Å². The van der Waals surface area contributed by atoms with Crippen LogP contribution < -0.4 is 45.0 Å². The summed E-state index contributed by atoms with van der Waals surface area (Å²) in [6.07, 6.45) is 0. The molecule has 0 aliphatic carbocycles. The Morgan fingerprint density at radius 3 is 1.72 bits per heavy atom. The van der Waals surface area contributed by atoms with Crippen LogP contribution in [-0.4, -0.2) is 11.6 Å². The summed E-state index contributed by atoms with van der Waals surface area (Å²) in [6.45, 7) is 1.86. The van der Waals surface area contributed by atoms with Crippen LogP contribution in [-0.2, 0) is 0 Å². The zero-order valence-electron chi connectivity index (χ0n) is 9.84. The van der Waals surface area contributed by atoms with Crippen LogP contribution in [0.2, 0.25) is 0 Å². The summed E-state index contributed by atoms with van der Waals surface area (Å²) in [5, 5.41) is 5.68. The fourth-order valence-electron chi connectivity index (χ4n) is 1.77. The molecule has 0 fully saturated rings. The van der Waals surface area contributed by atoms with Crippen LogP contribution in [0.1, 0.15) is 5.56 Å². The van der Waals surface area contributed by atoms with Gasteiger partial charge in [-0.15, -0.1) is 0 Å². The lowest BCUT2D eigenvalue weighted by atomic mass is 10.0. The summed E-state index contributed by atoms with van der Waals surface area (Å²) >= 11 is 2.10. The fraction of sp³-hybridized carbons (Fsp3) is 0.333. The molecule has 1 heterocycles. The van der Waals surface area contributed by atoms with Gasteiger partial charge in [-0.3, -0.25) is 22.9 Å². The molecule has 1 aliphatic heterocycles. The third kappa shape index (κ3) is 1.66. The number of anilines is 4. The normalized spacial score (nSPS) is 19.7. The lowest BCUT2D eigenvalue weighted by Crippen LogP contribution is -2.84. The largest absolute Gasteiger partial charge is 0.397 e.